The molecule has 0 aliphatic heterocycles. The Morgan fingerprint density at radius 2 is 1.68 bits per heavy atom. The lowest BCUT2D eigenvalue weighted by molar-refractivity contribution is 0.0526. The van der Waals surface area contributed by atoms with Gasteiger partial charge in [0.05, 0.1) is 23.8 Å². The van der Waals surface area contributed by atoms with Crippen molar-refractivity contribution >= 4 is 28.0 Å². The second-order valence-corrected chi connectivity index (χ2v) is 9.29. The van der Waals surface area contributed by atoms with E-state index in [1.54, 1.807) is 7.11 Å². The molecule has 0 unspecified atom stereocenters. The number of nitrogens with zero attached hydrogens (tertiary/aromatic N) is 3. The van der Waals surface area contributed by atoms with Gasteiger partial charge in [-0.25, -0.2) is 9.78 Å². The maximum Gasteiger partial charge on any atom is 0.407 e. The summed E-state index contributed by atoms with van der Waals surface area (Å²) in [6.07, 6.45) is 3.32. The number of aromatic nitrogens is 3. The Bertz CT molecular complexity index is 1230. The predicted octanol–water partition coefficient (Wildman–Crippen LogP) is 6.92. The fourth-order valence-electron chi connectivity index (χ4n) is 3.79. The van der Waals surface area contributed by atoms with Gasteiger partial charge in [-0.1, -0.05) is 69.3 Å². The third-order valence-corrected chi connectivity index (χ3v) is 5.19. The normalized spacial score (nSPS) is 10.8. The van der Waals surface area contributed by atoms with Crippen molar-refractivity contribution in [3.63, 3.8) is 0 Å². The third-order valence-electron chi connectivity index (χ3n) is 5.19. The van der Waals surface area contributed by atoms with E-state index in [4.69, 9.17) is 14.5 Å². The van der Waals surface area contributed by atoms with Gasteiger partial charge in [0.15, 0.2) is 0 Å². The van der Waals surface area contributed by atoms with Crippen LogP contribution in [0.1, 0.15) is 59.4 Å². The van der Waals surface area contributed by atoms with E-state index in [-0.39, 0.29) is 0 Å². The van der Waals surface area contributed by atoms with Gasteiger partial charge in [-0.05, 0) is 38.8 Å². The van der Waals surface area contributed by atoms with Crippen LogP contribution in [0.15, 0.2) is 60.8 Å². The van der Waals surface area contributed by atoms with Crippen LogP contribution in [-0.2, 0) is 29.0 Å². The van der Waals surface area contributed by atoms with Crippen LogP contribution in [0.5, 0.6) is 0 Å². The van der Waals surface area contributed by atoms with Crippen molar-refractivity contribution in [2.24, 2.45) is 0 Å². The van der Waals surface area contributed by atoms with Crippen molar-refractivity contribution in [3.05, 3.63) is 72.2 Å². The number of hydrogen-bond acceptors (Lipinski definition) is 5. The van der Waals surface area contributed by atoms with E-state index in [0.717, 1.165) is 40.6 Å². The van der Waals surface area contributed by atoms with E-state index in [0.29, 0.717) is 19.7 Å². The predicted molar refractivity (Wildman–Crippen MR) is 152 cm³/mol. The Balaban J connectivity index is 0.000000367. The number of aryl methyl sites for hydroxylation is 1. The van der Waals surface area contributed by atoms with Crippen LogP contribution in [0.4, 0.5) is 4.79 Å². The number of alkyl carbamates (subject to hydrolysis) is 1. The molecule has 2 heterocycles. The van der Waals surface area contributed by atoms with Gasteiger partial charge < -0.3 is 19.4 Å². The van der Waals surface area contributed by atoms with Crippen molar-refractivity contribution in [1.29, 1.82) is 0 Å². The van der Waals surface area contributed by atoms with E-state index >= 15 is 0 Å². The first-order valence-electron chi connectivity index (χ1n) is 13.0. The molecule has 0 fully saturated rings. The molecule has 4 aromatic rings. The Labute approximate surface area is 221 Å². The van der Waals surface area contributed by atoms with E-state index in [1.807, 2.05) is 89.3 Å². The number of pyridine rings is 1. The maximum absolute atomic E-state index is 11.9. The highest BCUT2D eigenvalue weighted by Gasteiger charge is 2.17. The number of amides is 1. The summed E-state index contributed by atoms with van der Waals surface area (Å²) >= 11 is 0. The molecule has 2 aromatic heterocycles. The maximum atomic E-state index is 11.9. The number of hydrogen-bond donors (Lipinski definition) is 1. The Hall–Kier alpha value is -3.45. The molecule has 0 bridgehead atoms. The second kappa shape index (κ2) is 15.0. The lowest BCUT2D eigenvalue weighted by Gasteiger charge is -2.20. The molecule has 0 saturated carbocycles. The highest BCUT2D eigenvalue weighted by Crippen LogP contribution is 2.25. The smallest absolute Gasteiger partial charge is 0.407 e. The Morgan fingerprint density at radius 3 is 2.32 bits per heavy atom. The van der Waals surface area contributed by atoms with E-state index in [1.165, 1.54) is 5.56 Å². The SMILES string of the molecule is CC.CCCc1nc2cnc3ccccc3c2n1CCNC(=O)OC(C)(C)C.COCc1ccccc1. The first-order valence-corrected chi connectivity index (χ1v) is 13.0. The number of fused-ring (bicyclic) bond motifs is 3. The number of nitrogens with one attached hydrogen (secondary N) is 1. The van der Waals surface area contributed by atoms with Gasteiger partial charge in [0.25, 0.3) is 0 Å². The van der Waals surface area contributed by atoms with Crippen LogP contribution in [0, 0.1) is 0 Å². The van der Waals surface area contributed by atoms with Crippen molar-refractivity contribution in [3.8, 4) is 0 Å². The van der Waals surface area contributed by atoms with Crippen LogP contribution in [-0.4, -0.2) is 39.9 Å². The van der Waals surface area contributed by atoms with Crippen LogP contribution < -0.4 is 5.32 Å². The van der Waals surface area contributed by atoms with Gasteiger partial charge in [0.1, 0.15) is 16.9 Å². The minimum atomic E-state index is -0.499. The van der Waals surface area contributed by atoms with E-state index < -0.39 is 11.7 Å². The molecule has 7 heteroatoms. The summed E-state index contributed by atoms with van der Waals surface area (Å²) < 4.78 is 12.4. The topological polar surface area (TPSA) is 78.3 Å². The molecule has 1 amide bonds. The quantitative estimate of drug-likeness (QED) is 0.294. The minimum absolute atomic E-state index is 0.398. The fourth-order valence-corrected chi connectivity index (χ4v) is 3.79. The van der Waals surface area contributed by atoms with Gasteiger partial charge in [0, 0.05) is 32.0 Å². The summed E-state index contributed by atoms with van der Waals surface area (Å²) in [5, 5.41) is 3.91. The first kappa shape index (κ1) is 29.8. The summed E-state index contributed by atoms with van der Waals surface area (Å²) in [4.78, 5) is 21.2. The number of para-hydroxylation sites is 1. The largest absolute Gasteiger partial charge is 0.444 e. The molecular weight excluding hydrogens is 464 g/mol. The molecule has 0 radical (unpaired) electrons. The zero-order chi connectivity index (χ0) is 27.3. The standard InChI is InChI=1S/C20H26N4O2.C8H10O.C2H6/c1-5-8-17-23-16-13-22-15-10-7-6-9-14(15)18(16)24(17)12-11-21-19(25)26-20(2,3)4;1-9-7-8-5-3-2-4-6-8;1-2/h6-7,9-10,13H,5,8,11-12H2,1-4H3,(H,21,25);2-6H,7H2,1H3;1-2H3. The van der Waals surface area contributed by atoms with Crippen molar-refractivity contribution in [2.45, 2.75) is 73.1 Å². The second-order valence-electron chi connectivity index (χ2n) is 9.29. The first-order chi connectivity index (χ1) is 17.8. The number of benzene rings is 2. The zero-order valence-electron chi connectivity index (χ0n) is 23.4. The monoisotopic (exact) mass is 506 g/mol. The summed E-state index contributed by atoms with van der Waals surface area (Å²) in [5.74, 6) is 1.02. The number of ether oxygens (including phenoxy) is 2. The lowest BCUT2D eigenvalue weighted by atomic mass is 10.2. The van der Waals surface area contributed by atoms with E-state index in [2.05, 4.69) is 27.9 Å². The third kappa shape index (κ3) is 9.17. The summed E-state index contributed by atoms with van der Waals surface area (Å²) in [7, 11) is 1.70. The fraction of sp³-hybridized carbons (Fsp3) is 0.433. The van der Waals surface area contributed by atoms with Crippen LogP contribution in [0.3, 0.4) is 0 Å². The molecule has 0 aliphatic carbocycles. The molecule has 0 spiro atoms. The van der Waals surface area contributed by atoms with E-state index in [9.17, 15) is 4.79 Å². The van der Waals surface area contributed by atoms with Crippen molar-refractivity contribution in [2.75, 3.05) is 13.7 Å². The number of methoxy groups -OCH3 is 1. The van der Waals surface area contributed by atoms with Gasteiger partial charge in [-0.2, -0.15) is 0 Å². The number of rotatable bonds is 7. The average Bonchev–Trinajstić information content (AvgIpc) is 3.23. The molecule has 1 N–H and O–H groups in total. The Kier molecular flexibility index (Phi) is 12.0. The number of carbonyl (C=O) groups is 1. The zero-order valence-corrected chi connectivity index (χ0v) is 23.4. The molecule has 0 saturated heterocycles. The molecular formula is C30H42N4O3. The summed E-state index contributed by atoms with van der Waals surface area (Å²) in [6.45, 7) is 13.5. The van der Waals surface area contributed by atoms with Gasteiger partial charge in [-0.3, -0.25) is 4.98 Å². The molecule has 4 rings (SSSR count). The van der Waals surface area contributed by atoms with Crippen molar-refractivity contribution < 1.29 is 14.3 Å². The molecule has 37 heavy (non-hydrogen) atoms. The highest BCUT2D eigenvalue weighted by molar-refractivity contribution is 6.02. The van der Waals surface area contributed by atoms with Gasteiger partial charge >= 0.3 is 6.09 Å². The Morgan fingerprint density at radius 1 is 1.00 bits per heavy atom. The van der Waals surface area contributed by atoms with Crippen LogP contribution in [0.2, 0.25) is 0 Å². The number of imidazole rings is 1. The molecule has 200 valence electrons. The summed E-state index contributed by atoms with van der Waals surface area (Å²) in [5.41, 5.74) is 3.64. The van der Waals surface area contributed by atoms with Gasteiger partial charge in [-0.15, -0.1) is 0 Å². The van der Waals surface area contributed by atoms with Crippen LogP contribution >= 0.6 is 0 Å². The molecule has 0 aliphatic rings. The van der Waals surface area contributed by atoms with Crippen molar-refractivity contribution in [1.82, 2.24) is 19.9 Å². The minimum Gasteiger partial charge on any atom is -0.444 e. The average molecular weight is 507 g/mol. The molecule has 2 aromatic carbocycles. The highest BCUT2D eigenvalue weighted by atomic mass is 16.6. The van der Waals surface area contributed by atoms with Gasteiger partial charge in [0.2, 0.25) is 0 Å². The molecule has 0 atom stereocenters. The summed E-state index contributed by atoms with van der Waals surface area (Å²) in [6, 6.07) is 18.2. The molecule has 7 nitrogen and oxygen atoms in total. The lowest BCUT2D eigenvalue weighted by Crippen LogP contribution is -2.34. The number of carbonyl (C=O) groups excluding carboxylic acids is 1. The van der Waals surface area contributed by atoms with Crippen LogP contribution in [0.25, 0.3) is 21.9 Å².